The predicted octanol–water partition coefficient (Wildman–Crippen LogP) is 2.79. The summed E-state index contributed by atoms with van der Waals surface area (Å²) in [6.07, 6.45) is 4.46. The van der Waals surface area contributed by atoms with Crippen LogP contribution in [-0.4, -0.2) is 74.8 Å². The topological polar surface area (TPSA) is 48.1 Å². The molecular formula is C21H34N4O2. The summed E-state index contributed by atoms with van der Waals surface area (Å²) in [5, 5.41) is 3.06. The van der Waals surface area contributed by atoms with E-state index < -0.39 is 0 Å². The van der Waals surface area contributed by atoms with Gasteiger partial charge in [0.05, 0.1) is 7.11 Å². The highest BCUT2D eigenvalue weighted by Crippen LogP contribution is 2.23. The number of ether oxygens (including phenoxy) is 1. The molecule has 1 aromatic carbocycles. The number of nitrogens with one attached hydrogen (secondary N) is 1. The highest BCUT2D eigenvalue weighted by molar-refractivity contribution is 5.74. The normalized spacial score (nSPS) is 21.2. The van der Waals surface area contributed by atoms with E-state index in [4.69, 9.17) is 4.74 Å². The fourth-order valence-electron chi connectivity index (χ4n) is 4.06. The highest BCUT2D eigenvalue weighted by Gasteiger charge is 2.29. The molecule has 2 aliphatic rings. The van der Waals surface area contributed by atoms with E-state index in [2.05, 4.69) is 34.2 Å². The number of urea groups is 1. The minimum atomic E-state index is 0.116. The number of rotatable bonds is 6. The molecule has 1 aromatic rings. The summed E-state index contributed by atoms with van der Waals surface area (Å²) in [4.78, 5) is 19.4. The fraction of sp³-hybridized carbons (Fsp3) is 0.667. The molecule has 0 aromatic heterocycles. The van der Waals surface area contributed by atoms with Crippen LogP contribution < -0.4 is 15.0 Å². The molecule has 6 nitrogen and oxygen atoms in total. The van der Waals surface area contributed by atoms with E-state index in [1.165, 1.54) is 12.1 Å². The van der Waals surface area contributed by atoms with Gasteiger partial charge in [0.15, 0.2) is 0 Å². The van der Waals surface area contributed by atoms with Crippen molar-refractivity contribution in [2.24, 2.45) is 0 Å². The smallest absolute Gasteiger partial charge is 0.317 e. The van der Waals surface area contributed by atoms with E-state index in [9.17, 15) is 4.79 Å². The average molecular weight is 375 g/mol. The molecule has 2 aliphatic heterocycles. The summed E-state index contributed by atoms with van der Waals surface area (Å²) in [6.45, 7) is 8.87. The summed E-state index contributed by atoms with van der Waals surface area (Å²) >= 11 is 0. The molecule has 27 heavy (non-hydrogen) atoms. The largest absolute Gasteiger partial charge is 0.497 e. The first-order valence-corrected chi connectivity index (χ1v) is 10.4. The third-order valence-electron chi connectivity index (χ3n) is 5.76. The van der Waals surface area contributed by atoms with Crippen molar-refractivity contribution < 1.29 is 9.53 Å². The van der Waals surface area contributed by atoms with Crippen LogP contribution in [0.4, 0.5) is 10.5 Å². The van der Waals surface area contributed by atoms with Gasteiger partial charge in [0, 0.05) is 57.5 Å². The van der Waals surface area contributed by atoms with E-state index in [1.54, 1.807) is 7.11 Å². The molecule has 2 heterocycles. The van der Waals surface area contributed by atoms with Crippen LogP contribution in [0.15, 0.2) is 24.3 Å². The Labute approximate surface area is 163 Å². The summed E-state index contributed by atoms with van der Waals surface area (Å²) in [7, 11) is 1.70. The van der Waals surface area contributed by atoms with Gasteiger partial charge in [-0.25, -0.2) is 4.79 Å². The Hall–Kier alpha value is -1.95. The first-order valence-electron chi connectivity index (χ1n) is 10.4. The van der Waals surface area contributed by atoms with Gasteiger partial charge in [-0.05, 0) is 43.5 Å². The Morgan fingerprint density at radius 3 is 2.56 bits per heavy atom. The predicted molar refractivity (Wildman–Crippen MR) is 110 cm³/mol. The third kappa shape index (κ3) is 5.28. The van der Waals surface area contributed by atoms with Gasteiger partial charge >= 0.3 is 6.03 Å². The lowest BCUT2D eigenvalue weighted by Gasteiger charge is -2.43. The quantitative estimate of drug-likeness (QED) is 0.778. The minimum absolute atomic E-state index is 0.116. The van der Waals surface area contributed by atoms with Crippen molar-refractivity contribution in [2.45, 2.75) is 38.6 Å². The second kappa shape index (κ2) is 9.83. The maximum absolute atomic E-state index is 12.4. The molecule has 2 amide bonds. The molecular weight excluding hydrogens is 340 g/mol. The van der Waals surface area contributed by atoms with E-state index in [1.807, 2.05) is 17.0 Å². The van der Waals surface area contributed by atoms with Gasteiger partial charge in [0.25, 0.3) is 0 Å². The van der Waals surface area contributed by atoms with Crippen LogP contribution in [0.2, 0.25) is 0 Å². The minimum Gasteiger partial charge on any atom is -0.497 e. The van der Waals surface area contributed by atoms with Crippen molar-refractivity contribution >= 4 is 11.7 Å². The fourth-order valence-corrected chi connectivity index (χ4v) is 4.06. The molecule has 2 fully saturated rings. The number of anilines is 1. The van der Waals surface area contributed by atoms with Crippen molar-refractivity contribution in [3.8, 4) is 5.75 Å². The molecule has 2 saturated heterocycles. The zero-order valence-electron chi connectivity index (χ0n) is 16.8. The summed E-state index contributed by atoms with van der Waals surface area (Å²) in [5.41, 5.74) is 1.26. The second-order valence-electron chi connectivity index (χ2n) is 7.55. The number of likely N-dealkylation sites (tertiary alicyclic amines) is 1. The molecule has 150 valence electrons. The zero-order chi connectivity index (χ0) is 19.1. The Morgan fingerprint density at radius 2 is 1.89 bits per heavy atom. The lowest BCUT2D eigenvalue weighted by molar-refractivity contribution is 0.104. The number of hydrogen-bond acceptors (Lipinski definition) is 4. The van der Waals surface area contributed by atoms with Crippen LogP contribution >= 0.6 is 0 Å². The van der Waals surface area contributed by atoms with E-state index >= 15 is 0 Å². The highest BCUT2D eigenvalue weighted by atomic mass is 16.5. The van der Waals surface area contributed by atoms with E-state index in [0.29, 0.717) is 6.04 Å². The van der Waals surface area contributed by atoms with Crippen LogP contribution in [0.25, 0.3) is 0 Å². The first kappa shape index (κ1) is 19.8. The Bertz CT molecular complexity index is 584. The van der Waals surface area contributed by atoms with Gasteiger partial charge in [-0.2, -0.15) is 0 Å². The second-order valence-corrected chi connectivity index (χ2v) is 7.55. The Balaban J connectivity index is 1.47. The molecule has 3 rings (SSSR count). The Morgan fingerprint density at radius 1 is 1.15 bits per heavy atom. The summed E-state index contributed by atoms with van der Waals surface area (Å²) in [6, 6.07) is 8.93. The lowest BCUT2D eigenvalue weighted by Crippen LogP contribution is -2.57. The third-order valence-corrected chi connectivity index (χ3v) is 5.76. The number of carbonyl (C=O) groups is 1. The van der Waals surface area contributed by atoms with Crippen LogP contribution in [0, 0.1) is 0 Å². The number of carbonyl (C=O) groups excluding carboxylic acids is 1. The lowest BCUT2D eigenvalue weighted by atomic mass is 10.0. The number of unbranched alkanes of at least 4 members (excludes halogenated alkanes) is 1. The van der Waals surface area contributed by atoms with Gasteiger partial charge in [-0.15, -0.1) is 0 Å². The van der Waals surface area contributed by atoms with Crippen molar-refractivity contribution in [2.75, 3.05) is 57.8 Å². The average Bonchev–Trinajstić information content (AvgIpc) is 2.74. The number of methoxy groups -OCH3 is 1. The van der Waals surface area contributed by atoms with Crippen molar-refractivity contribution in [1.82, 2.24) is 15.1 Å². The first-order chi connectivity index (χ1) is 13.2. The number of benzene rings is 1. The van der Waals surface area contributed by atoms with E-state index in [-0.39, 0.29) is 6.03 Å². The van der Waals surface area contributed by atoms with Crippen molar-refractivity contribution in [3.63, 3.8) is 0 Å². The molecule has 0 aliphatic carbocycles. The van der Waals surface area contributed by atoms with Crippen molar-refractivity contribution in [1.29, 1.82) is 0 Å². The van der Waals surface area contributed by atoms with Gasteiger partial charge in [0.2, 0.25) is 0 Å². The molecule has 0 spiro atoms. The number of hydrogen-bond donors (Lipinski definition) is 1. The monoisotopic (exact) mass is 374 g/mol. The standard InChI is InChI=1S/C21H34N4O2/c1-3-4-11-22-21(26)25-12-5-6-19(17-25)24-15-13-23(14-16-24)18-7-9-20(27-2)10-8-18/h7-10,19H,3-6,11-17H2,1-2H3,(H,22,26). The van der Waals surface area contributed by atoms with Gasteiger partial charge in [-0.1, -0.05) is 13.3 Å². The molecule has 1 unspecified atom stereocenters. The van der Waals surface area contributed by atoms with E-state index in [0.717, 1.165) is 70.8 Å². The number of piperidine rings is 1. The van der Waals surface area contributed by atoms with Crippen LogP contribution in [0.5, 0.6) is 5.75 Å². The van der Waals surface area contributed by atoms with Crippen LogP contribution in [0.1, 0.15) is 32.6 Å². The maximum Gasteiger partial charge on any atom is 0.317 e. The Kier molecular flexibility index (Phi) is 7.21. The SMILES string of the molecule is CCCCNC(=O)N1CCCC(N2CCN(c3ccc(OC)cc3)CC2)C1. The number of amides is 2. The van der Waals surface area contributed by atoms with Crippen LogP contribution in [0.3, 0.4) is 0 Å². The summed E-state index contributed by atoms with van der Waals surface area (Å²) < 4.78 is 5.25. The summed E-state index contributed by atoms with van der Waals surface area (Å²) in [5.74, 6) is 0.900. The molecule has 0 radical (unpaired) electrons. The molecule has 0 bridgehead atoms. The van der Waals surface area contributed by atoms with Crippen molar-refractivity contribution in [3.05, 3.63) is 24.3 Å². The molecule has 6 heteroatoms. The zero-order valence-corrected chi connectivity index (χ0v) is 16.8. The maximum atomic E-state index is 12.4. The molecule has 1 N–H and O–H groups in total. The number of piperazine rings is 1. The van der Waals surface area contributed by atoms with Gasteiger partial charge in [0.1, 0.15) is 5.75 Å². The van der Waals surface area contributed by atoms with Crippen LogP contribution in [-0.2, 0) is 0 Å². The van der Waals surface area contributed by atoms with Gasteiger partial charge in [-0.3, -0.25) is 4.90 Å². The molecule has 0 saturated carbocycles. The molecule has 1 atom stereocenters. The van der Waals surface area contributed by atoms with Gasteiger partial charge < -0.3 is 19.9 Å². The number of nitrogens with zero attached hydrogens (tertiary/aromatic N) is 3.